The van der Waals surface area contributed by atoms with Crippen LogP contribution in [0, 0.1) is 0 Å². The lowest BCUT2D eigenvalue weighted by molar-refractivity contribution is 0.0712. The molecule has 0 aromatic carbocycles. The Morgan fingerprint density at radius 1 is 1.06 bits per heavy atom. The van der Waals surface area contributed by atoms with E-state index in [4.69, 9.17) is 18.2 Å². The average Bonchev–Trinajstić information content (AvgIpc) is 2.18. The highest BCUT2D eigenvalue weighted by Gasteiger charge is 2.40. The number of hydrogen-bond acceptors (Lipinski definition) is 4. The van der Waals surface area contributed by atoms with Crippen molar-refractivity contribution in [1.82, 2.24) is 0 Å². The summed E-state index contributed by atoms with van der Waals surface area (Å²) in [7, 11) is -4.68. The van der Waals surface area contributed by atoms with E-state index in [1.807, 2.05) is 20.8 Å². The van der Waals surface area contributed by atoms with Gasteiger partial charge in [0.15, 0.2) is 6.16 Å². The average molecular weight is 269 g/mol. The van der Waals surface area contributed by atoms with Crippen molar-refractivity contribution < 1.29 is 22.7 Å². The highest BCUT2D eigenvalue weighted by Crippen LogP contribution is 2.22. The first-order valence-corrected chi connectivity index (χ1v) is 8.98. The van der Waals surface area contributed by atoms with Crippen LogP contribution in [0.5, 0.6) is 0 Å². The van der Waals surface area contributed by atoms with Gasteiger partial charge in [0, 0.05) is 25.9 Å². The first-order valence-electron chi connectivity index (χ1n) is 5.65. The molecular formula is C9H22O5PSi+. The molecule has 0 aliphatic heterocycles. The van der Waals surface area contributed by atoms with Gasteiger partial charge in [-0.1, -0.05) is 0 Å². The molecule has 0 aliphatic carbocycles. The zero-order valence-corrected chi connectivity index (χ0v) is 12.2. The van der Waals surface area contributed by atoms with Crippen LogP contribution in [0.3, 0.4) is 0 Å². The van der Waals surface area contributed by atoms with Crippen molar-refractivity contribution in [2.45, 2.75) is 33.2 Å². The van der Waals surface area contributed by atoms with E-state index in [0.717, 1.165) is 0 Å². The summed E-state index contributed by atoms with van der Waals surface area (Å²) < 4.78 is 27.4. The van der Waals surface area contributed by atoms with Crippen molar-refractivity contribution in [3.05, 3.63) is 0 Å². The van der Waals surface area contributed by atoms with Gasteiger partial charge in [-0.25, -0.2) is 0 Å². The van der Waals surface area contributed by atoms with Gasteiger partial charge >= 0.3 is 16.8 Å². The third kappa shape index (κ3) is 6.68. The van der Waals surface area contributed by atoms with Crippen molar-refractivity contribution >= 4 is 16.8 Å². The zero-order valence-electron chi connectivity index (χ0n) is 10.3. The normalized spacial score (nSPS) is 12.9. The molecule has 0 fully saturated rings. The first kappa shape index (κ1) is 16.2. The summed E-state index contributed by atoms with van der Waals surface area (Å²) in [4.78, 5) is 8.74. The molecule has 0 heterocycles. The molecule has 0 amide bonds. The van der Waals surface area contributed by atoms with Gasteiger partial charge in [-0.05, 0) is 31.8 Å². The van der Waals surface area contributed by atoms with Gasteiger partial charge in [-0.2, -0.15) is 4.89 Å². The van der Waals surface area contributed by atoms with E-state index in [-0.39, 0.29) is 6.16 Å². The Hall–Kier alpha value is 0.157. The predicted octanol–water partition coefficient (Wildman–Crippen LogP) is 2.16. The molecule has 5 nitrogen and oxygen atoms in total. The molecule has 1 unspecified atom stereocenters. The second-order valence-electron chi connectivity index (χ2n) is 3.16. The van der Waals surface area contributed by atoms with Crippen LogP contribution in [-0.4, -0.2) is 39.7 Å². The summed E-state index contributed by atoms with van der Waals surface area (Å²) >= 11 is 0. The Balaban J connectivity index is 4.28. The van der Waals surface area contributed by atoms with Crippen LogP contribution < -0.4 is 0 Å². The van der Waals surface area contributed by atoms with Crippen LogP contribution in [0.4, 0.5) is 0 Å². The Morgan fingerprint density at radius 2 is 1.50 bits per heavy atom. The third-order valence-corrected chi connectivity index (χ3v) is 5.78. The van der Waals surface area contributed by atoms with E-state index >= 15 is 0 Å². The molecule has 0 bridgehead atoms. The fourth-order valence-corrected chi connectivity index (χ4v) is 4.77. The summed E-state index contributed by atoms with van der Waals surface area (Å²) in [6.45, 7) is 7.30. The molecule has 7 heteroatoms. The number of hydrogen-bond donors (Lipinski definition) is 1. The van der Waals surface area contributed by atoms with E-state index in [1.54, 1.807) is 0 Å². The van der Waals surface area contributed by atoms with Gasteiger partial charge in [0.1, 0.15) is 0 Å². The Labute approximate surface area is 99.3 Å². The summed E-state index contributed by atoms with van der Waals surface area (Å²) in [5.74, 6) is 0. The topological polar surface area (TPSA) is 65.0 Å². The molecule has 0 spiro atoms. The van der Waals surface area contributed by atoms with Crippen LogP contribution in [0.25, 0.3) is 0 Å². The quantitative estimate of drug-likeness (QED) is 0.486. The maximum Gasteiger partial charge on any atom is 0.505 e. The lowest BCUT2D eigenvalue weighted by atomic mass is 10.6. The Bertz CT molecular complexity index is 185. The van der Waals surface area contributed by atoms with Crippen molar-refractivity contribution in [3.63, 3.8) is 0 Å². The molecule has 0 aliphatic rings. The smallest absolute Gasteiger partial charge is 0.374 e. The maximum atomic E-state index is 10.6. The SMILES string of the molecule is CCO[Si](CCC[P+](=O)O)(OCC)OCC. The number of rotatable bonds is 10. The first-order chi connectivity index (χ1) is 7.60. The van der Waals surface area contributed by atoms with Gasteiger partial charge in [-0.15, -0.1) is 0 Å². The summed E-state index contributed by atoms with van der Waals surface area (Å²) in [6.07, 6.45) is 0.870. The van der Waals surface area contributed by atoms with Crippen LogP contribution >= 0.6 is 8.03 Å². The minimum Gasteiger partial charge on any atom is -0.374 e. The van der Waals surface area contributed by atoms with Crippen molar-refractivity contribution in [2.24, 2.45) is 0 Å². The fourth-order valence-electron chi connectivity index (χ4n) is 1.43. The van der Waals surface area contributed by atoms with Gasteiger partial charge in [0.25, 0.3) is 0 Å². The maximum absolute atomic E-state index is 10.6. The summed E-state index contributed by atoms with van der Waals surface area (Å²) in [5, 5.41) is 0. The highest BCUT2D eigenvalue weighted by molar-refractivity contribution is 7.37. The van der Waals surface area contributed by atoms with Gasteiger partial charge < -0.3 is 13.3 Å². The van der Waals surface area contributed by atoms with Crippen LogP contribution in [-0.2, 0) is 17.8 Å². The second kappa shape index (κ2) is 9.21. The molecule has 0 saturated heterocycles. The van der Waals surface area contributed by atoms with E-state index in [2.05, 4.69) is 0 Å². The largest absolute Gasteiger partial charge is 0.505 e. The highest BCUT2D eigenvalue weighted by atomic mass is 31.1. The van der Waals surface area contributed by atoms with Gasteiger partial charge in [0.05, 0.1) is 0 Å². The molecule has 0 radical (unpaired) electrons. The molecule has 16 heavy (non-hydrogen) atoms. The molecule has 1 N–H and O–H groups in total. The van der Waals surface area contributed by atoms with E-state index in [0.29, 0.717) is 32.3 Å². The molecule has 1 atom stereocenters. The summed E-state index contributed by atoms with van der Waals surface area (Å²) in [5.41, 5.74) is 0. The standard InChI is InChI=1S/C9H21O5PSi/c1-4-12-16(13-5-2,14-6-3)9-7-8-15(10)11/h4-9H2,1-3H3/p+1. The molecule has 96 valence electrons. The van der Waals surface area contributed by atoms with E-state index in [1.165, 1.54) is 0 Å². The molecule has 0 rings (SSSR count). The molecule has 0 aromatic heterocycles. The lowest BCUT2D eigenvalue weighted by Crippen LogP contribution is -2.46. The van der Waals surface area contributed by atoms with Crippen LogP contribution in [0.15, 0.2) is 0 Å². The molecule has 0 saturated carbocycles. The predicted molar refractivity (Wildman–Crippen MR) is 64.7 cm³/mol. The van der Waals surface area contributed by atoms with Crippen LogP contribution in [0.1, 0.15) is 27.2 Å². The van der Waals surface area contributed by atoms with E-state index < -0.39 is 16.8 Å². The lowest BCUT2D eigenvalue weighted by Gasteiger charge is -2.27. The third-order valence-electron chi connectivity index (χ3n) is 1.93. The van der Waals surface area contributed by atoms with E-state index in [9.17, 15) is 4.57 Å². The van der Waals surface area contributed by atoms with Crippen molar-refractivity contribution in [2.75, 3.05) is 26.0 Å². The monoisotopic (exact) mass is 269 g/mol. The van der Waals surface area contributed by atoms with Crippen molar-refractivity contribution in [1.29, 1.82) is 0 Å². The minimum atomic E-state index is -2.60. The van der Waals surface area contributed by atoms with Gasteiger partial charge in [-0.3, -0.25) is 0 Å². The minimum absolute atomic E-state index is 0.275. The van der Waals surface area contributed by atoms with Crippen LogP contribution in [0.2, 0.25) is 6.04 Å². The molecule has 0 aromatic rings. The summed E-state index contributed by atoms with van der Waals surface area (Å²) in [6, 6.07) is 0.601. The molecular weight excluding hydrogens is 247 g/mol. The van der Waals surface area contributed by atoms with Crippen molar-refractivity contribution in [3.8, 4) is 0 Å². The fraction of sp³-hybridized carbons (Fsp3) is 1.00. The zero-order chi connectivity index (χ0) is 12.4. The van der Waals surface area contributed by atoms with Gasteiger partial charge in [0.2, 0.25) is 0 Å². The second-order valence-corrected chi connectivity index (χ2v) is 7.04. The Kier molecular flexibility index (Phi) is 9.30. The Morgan fingerprint density at radius 3 is 1.81 bits per heavy atom.